The van der Waals surface area contributed by atoms with Crippen LogP contribution >= 0.6 is 0 Å². The minimum atomic E-state index is 0.134. The number of hydrogen-bond donors (Lipinski definition) is 1. The van der Waals surface area contributed by atoms with Gasteiger partial charge in [0.25, 0.3) is 0 Å². The predicted molar refractivity (Wildman–Crippen MR) is 73.1 cm³/mol. The fraction of sp³-hybridized carbons (Fsp3) is 0.929. The van der Waals surface area contributed by atoms with E-state index in [0.29, 0.717) is 18.6 Å². The Kier molecular flexibility index (Phi) is 3.93. The van der Waals surface area contributed by atoms with Crippen LogP contribution in [0.2, 0.25) is 0 Å². The number of piperidine rings is 2. The van der Waals surface area contributed by atoms with Gasteiger partial charge in [0.1, 0.15) is 0 Å². The summed E-state index contributed by atoms with van der Waals surface area (Å²) in [6, 6.07) is 0.807. The normalized spacial score (nSPS) is 36.1. The molecule has 5 nitrogen and oxygen atoms in total. The zero-order valence-corrected chi connectivity index (χ0v) is 11.8. The number of amides is 2. The fourth-order valence-corrected chi connectivity index (χ4v) is 3.74. The van der Waals surface area contributed by atoms with E-state index < -0.39 is 0 Å². The first kappa shape index (κ1) is 13.2. The third-order valence-electron chi connectivity index (χ3n) is 4.79. The molecule has 0 aliphatic carbocycles. The molecule has 19 heavy (non-hydrogen) atoms. The van der Waals surface area contributed by atoms with Crippen LogP contribution in [0.1, 0.15) is 25.7 Å². The van der Waals surface area contributed by atoms with Gasteiger partial charge in [-0.2, -0.15) is 0 Å². The Balaban J connectivity index is 1.60. The van der Waals surface area contributed by atoms with Crippen molar-refractivity contribution in [3.8, 4) is 0 Å². The van der Waals surface area contributed by atoms with E-state index >= 15 is 0 Å². The summed E-state index contributed by atoms with van der Waals surface area (Å²) in [5.41, 5.74) is 0. The van der Waals surface area contributed by atoms with Crippen LogP contribution < -0.4 is 5.32 Å². The summed E-state index contributed by atoms with van der Waals surface area (Å²) in [4.78, 5) is 16.9. The van der Waals surface area contributed by atoms with Crippen molar-refractivity contribution < 1.29 is 9.53 Å². The second-order valence-electron chi connectivity index (χ2n) is 6.22. The van der Waals surface area contributed by atoms with Gasteiger partial charge in [-0.15, -0.1) is 0 Å². The molecule has 3 fully saturated rings. The molecule has 2 amide bonds. The average Bonchev–Trinajstić information content (AvgIpc) is 2.90. The molecule has 0 saturated carbocycles. The lowest BCUT2D eigenvalue weighted by atomic mass is 9.84. The maximum absolute atomic E-state index is 12.4. The van der Waals surface area contributed by atoms with Crippen molar-refractivity contribution in [2.24, 2.45) is 5.92 Å². The molecule has 0 radical (unpaired) electrons. The van der Waals surface area contributed by atoms with E-state index in [0.717, 1.165) is 45.5 Å². The van der Waals surface area contributed by atoms with Crippen molar-refractivity contribution >= 4 is 6.03 Å². The van der Waals surface area contributed by atoms with Crippen LogP contribution in [0.4, 0.5) is 4.79 Å². The minimum Gasteiger partial charge on any atom is -0.379 e. The maximum atomic E-state index is 12.4. The van der Waals surface area contributed by atoms with Gasteiger partial charge in [0.05, 0.1) is 12.6 Å². The number of likely N-dealkylation sites (tertiary alicyclic amines) is 2. The van der Waals surface area contributed by atoms with Gasteiger partial charge < -0.3 is 19.9 Å². The molecule has 3 rings (SSSR count). The molecule has 0 aromatic heterocycles. The first-order valence-corrected chi connectivity index (χ1v) is 7.57. The average molecular weight is 267 g/mol. The van der Waals surface area contributed by atoms with Crippen molar-refractivity contribution in [3.05, 3.63) is 0 Å². The third-order valence-corrected chi connectivity index (χ3v) is 4.79. The summed E-state index contributed by atoms with van der Waals surface area (Å²) in [5, 5.41) is 3.14. The quantitative estimate of drug-likeness (QED) is 0.768. The Morgan fingerprint density at radius 2 is 2.16 bits per heavy atom. The van der Waals surface area contributed by atoms with Crippen LogP contribution in [-0.4, -0.2) is 67.8 Å². The highest BCUT2D eigenvalue weighted by molar-refractivity contribution is 5.75. The van der Waals surface area contributed by atoms with Gasteiger partial charge in [-0.3, -0.25) is 0 Å². The van der Waals surface area contributed by atoms with Crippen molar-refractivity contribution in [3.63, 3.8) is 0 Å². The first-order chi connectivity index (χ1) is 9.24. The molecule has 0 aromatic rings. The third kappa shape index (κ3) is 2.87. The highest BCUT2D eigenvalue weighted by Crippen LogP contribution is 2.30. The number of carbonyl (C=O) groups is 1. The van der Waals surface area contributed by atoms with E-state index in [1.165, 1.54) is 6.42 Å². The number of hydrogen-bond acceptors (Lipinski definition) is 3. The molecule has 0 aromatic carbocycles. The molecule has 3 atom stereocenters. The van der Waals surface area contributed by atoms with Crippen LogP contribution in [0.15, 0.2) is 0 Å². The van der Waals surface area contributed by atoms with Crippen LogP contribution in [0.3, 0.4) is 0 Å². The molecule has 108 valence electrons. The van der Waals surface area contributed by atoms with Gasteiger partial charge in [0.15, 0.2) is 0 Å². The van der Waals surface area contributed by atoms with Crippen molar-refractivity contribution in [2.75, 3.05) is 39.9 Å². The molecular weight excluding hydrogens is 242 g/mol. The van der Waals surface area contributed by atoms with Crippen molar-refractivity contribution in [2.45, 2.75) is 37.8 Å². The van der Waals surface area contributed by atoms with E-state index in [2.05, 4.69) is 22.2 Å². The summed E-state index contributed by atoms with van der Waals surface area (Å²) in [6.45, 7) is 4.63. The van der Waals surface area contributed by atoms with E-state index in [4.69, 9.17) is 4.74 Å². The molecule has 3 saturated heterocycles. The minimum absolute atomic E-state index is 0.134. The lowest BCUT2D eigenvalue weighted by molar-refractivity contribution is 0.0521. The highest BCUT2D eigenvalue weighted by atomic mass is 16.5. The van der Waals surface area contributed by atoms with Gasteiger partial charge in [-0.1, -0.05) is 0 Å². The Morgan fingerprint density at radius 3 is 2.95 bits per heavy atom. The molecule has 5 heteroatoms. The van der Waals surface area contributed by atoms with E-state index in [-0.39, 0.29) is 12.1 Å². The van der Waals surface area contributed by atoms with E-state index in [1.54, 1.807) is 0 Å². The highest BCUT2D eigenvalue weighted by Gasteiger charge is 2.37. The number of nitrogens with one attached hydrogen (secondary N) is 1. The van der Waals surface area contributed by atoms with Gasteiger partial charge >= 0.3 is 6.03 Å². The molecular formula is C14H25N3O2. The Morgan fingerprint density at radius 1 is 1.26 bits per heavy atom. The summed E-state index contributed by atoms with van der Waals surface area (Å²) in [7, 11) is 2.19. The SMILES string of the molecule is CN1CC[C@@H]2[C@@H](CCCN2C(=O)N[C@H]2CCOC2)C1. The number of nitrogens with zero attached hydrogens (tertiary/aromatic N) is 2. The van der Waals surface area contributed by atoms with Crippen LogP contribution in [0.25, 0.3) is 0 Å². The molecule has 3 heterocycles. The van der Waals surface area contributed by atoms with Gasteiger partial charge in [-0.25, -0.2) is 4.79 Å². The molecule has 0 bridgehead atoms. The Hall–Kier alpha value is -0.810. The maximum Gasteiger partial charge on any atom is 0.317 e. The zero-order chi connectivity index (χ0) is 13.2. The number of carbonyl (C=O) groups excluding carboxylic acids is 1. The monoisotopic (exact) mass is 267 g/mol. The standard InChI is InChI=1S/C14H25N3O2/c1-16-7-4-13-11(9-16)3-2-6-17(13)14(18)15-12-5-8-19-10-12/h11-13H,2-10H2,1H3,(H,15,18)/t11-,12-,13+/m0/s1. The van der Waals surface area contributed by atoms with Crippen LogP contribution in [0.5, 0.6) is 0 Å². The lowest BCUT2D eigenvalue weighted by Gasteiger charge is -2.46. The van der Waals surface area contributed by atoms with E-state index in [1.807, 2.05) is 0 Å². The second-order valence-corrected chi connectivity index (χ2v) is 6.22. The zero-order valence-electron chi connectivity index (χ0n) is 11.8. The topological polar surface area (TPSA) is 44.8 Å². The first-order valence-electron chi connectivity index (χ1n) is 7.57. The van der Waals surface area contributed by atoms with Crippen LogP contribution in [-0.2, 0) is 4.74 Å². The van der Waals surface area contributed by atoms with Gasteiger partial charge in [-0.05, 0) is 45.2 Å². The Bertz CT molecular complexity index is 331. The number of fused-ring (bicyclic) bond motifs is 1. The van der Waals surface area contributed by atoms with Gasteiger partial charge in [0, 0.05) is 25.7 Å². The molecule has 1 N–H and O–H groups in total. The molecule has 0 spiro atoms. The predicted octanol–water partition coefficient (Wildman–Crippen LogP) is 0.901. The smallest absolute Gasteiger partial charge is 0.317 e. The lowest BCUT2D eigenvalue weighted by Crippen LogP contribution is -2.58. The summed E-state index contributed by atoms with van der Waals surface area (Å²) in [5.74, 6) is 0.665. The molecule has 0 unspecified atom stereocenters. The summed E-state index contributed by atoms with van der Waals surface area (Å²) >= 11 is 0. The number of urea groups is 1. The largest absolute Gasteiger partial charge is 0.379 e. The van der Waals surface area contributed by atoms with Crippen LogP contribution in [0, 0.1) is 5.92 Å². The van der Waals surface area contributed by atoms with Crippen molar-refractivity contribution in [1.29, 1.82) is 0 Å². The molecule has 3 aliphatic rings. The molecule has 3 aliphatic heterocycles. The Labute approximate surface area is 115 Å². The fourth-order valence-electron chi connectivity index (χ4n) is 3.74. The number of rotatable bonds is 1. The van der Waals surface area contributed by atoms with Gasteiger partial charge in [0.2, 0.25) is 0 Å². The summed E-state index contributed by atoms with van der Waals surface area (Å²) in [6.07, 6.45) is 4.49. The number of ether oxygens (including phenoxy) is 1. The summed E-state index contributed by atoms with van der Waals surface area (Å²) < 4.78 is 5.33. The second kappa shape index (κ2) is 5.67. The van der Waals surface area contributed by atoms with E-state index in [9.17, 15) is 4.79 Å². The van der Waals surface area contributed by atoms with Crippen molar-refractivity contribution in [1.82, 2.24) is 15.1 Å².